The van der Waals surface area contributed by atoms with Crippen LogP contribution < -0.4 is 15.4 Å². The van der Waals surface area contributed by atoms with Gasteiger partial charge in [-0.15, -0.1) is 0 Å². The van der Waals surface area contributed by atoms with Gasteiger partial charge in [-0.25, -0.2) is 0 Å². The summed E-state index contributed by atoms with van der Waals surface area (Å²) < 4.78 is 10.7. The summed E-state index contributed by atoms with van der Waals surface area (Å²) in [6.07, 6.45) is 2.97. The Kier molecular flexibility index (Phi) is 9.48. The maximum Gasteiger partial charge on any atom is 0.195 e. The van der Waals surface area contributed by atoms with Gasteiger partial charge in [-0.3, -0.25) is 4.99 Å². The fourth-order valence-corrected chi connectivity index (χ4v) is 1.95. The summed E-state index contributed by atoms with van der Waals surface area (Å²) in [6.45, 7) is 2.25. The Balaban J connectivity index is 2.46. The Morgan fingerprint density at radius 1 is 1.33 bits per heavy atom. The first-order chi connectivity index (χ1) is 10.3. The van der Waals surface area contributed by atoms with Crippen LogP contribution in [0.4, 0.5) is 5.69 Å². The minimum absolute atomic E-state index is 0.651. The SMILES string of the molecule is CN=C(NCCSC)Nc1cccc(OCCCOC)c1. The molecular formula is C15H25N3O2S. The summed E-state index contributed by atoms with van der Waals surface area (Å²) in [5, 5.41) is 6.51. The molecule has 1 rings (SSSR count). The zero-order valence-corrected chi connectivity index (χ0v) is 13.8. The summed E-state index contributed by atoms with van der Waals surface area (Å²) in [4.78, 5) is 4.20. The summed E-state index contributed by atoms with van der Waals surface area (Å²) >= 11 is 1.80. The van der Waals surface area contributed by atoms with Crippen molar-refractivity contribution in [1.82, 2.24) is 5.32 Å². The smallest absolute Gasteiger partial charge is 0.195 e. The van der Waals surface area contributed by atoms with Crippen LogP contribution in [0.25, 0.3) is 0 Å². The van der Waals surface area contributed by atoms with Gasteiger partial charge in [0, 0.05) is 51.2 Å². The lowest BCUT2D eigenvalue weighted by atomic mass is 10.3. The average molecular weight is 311 g/mol. The van der Waals surface area contributed by atoms with Gasteiger partial charge in [0.05, 0.1) is 6.61 Å². The highest BCUT2D eigenvalue weighted by Gasteiger charge is 2.01. The molecule has 0 atom stereocenters. The molecule has 0 saturated heterocycles. The predicted octanol–water partition coefficient (Wildman–Crippen LogP) is 2.45. The molecule has 0 radical (unpaired) electrons. The third kappa shape index (κ3) is 7.82. The maximum absolute atomic E-state index is 5.68. The molecule has 1 aromatic rings. The van der Waals surface area contributed by atoms with Gasteiger partial charge < -0.3 is 20.1 Å². The number of ether oxygens (including phenoxy) is 2. The molecule has 0 aliphatic rings. The molecule has 0 aromatic heterocycles. The van der Waals surface area contributed by atoms with Crippen molar-refractivity contribution in [2.75, 3.05) is 51.2 Å². The molecule has 21 heavy (non-hydrogen) atoms. The van der Waals surface area contributed by atoms with Crippen LogP contribution in [-0.2, 0) is 4.74 Å². The van der Waals surface area contributed by atoms with Gasteiger partial charge in [-0.05, 0) is 18.4 Å². The molecule has 0 spiro atoms. The highest BCUT2D eigenvalue weighted by molar-refractivity contribution is 7.98. The van der Waals surface area contributed by atoms with Crippen LogP contribution in [0.15, 0.2) is 29.3 Å². The van der Waals surface area contributed by atoms with E-state index < -0.39 is 0 Å². The molecule has 6 heteroatoms. The Hall–Kier alpha value is -1.40. The highest BCUT2D eigenvalue weighted by atomic mass is 32.2. The Morgan fingerprint density at radius 2 is 2.19 bits per heavy atom. The van der Waals surface area contributed by atoms with E-state index >= 15 is 0 Å². The summed E-state index contributed by atoms with van der Waals surface area (Å²) in [6, 6.07) is 7.86. The molecule has 0 aliphatic heterocycles. The van der Waals surface area contributed by atoms with Crippen LogP contribution >= 0.6 is 11.8 Å². The summed E-state index contributed by atoms with van der Waals surface area (Å²) in [7, 11) is 3.46. The van der Waals surface area contributed by atoms with Crippen molar-refractivity contribution < 1.29 is 9.47 Å². The molecule has 0 fully saturated rings. The van der Waals surface area contributed by atoms with Crippen molar-refractivity contribution in [2.24, 2.45) is 4.99 Å². The van der Waals surface area contributed by atoms with E-state index in [4.69, 9.17) is 9.47 Å². The molecule has 118 valence electrons. The van der Waals surface area contributed by atoms with Crippen LogP contribution in [0, 0.1) is 0 Å². The van der Waals surface area contributed by atoms with Gasteiger partial charge in [0.1, 0.15) is 5.75 Å². The van der Waals surface area contributed by atoms with E-state index in [1.807, 2.05) is 24.3 Å². The zero-order valence-electron chi connectivity index (χ0n) is 13.0. The molecule has 0 bridgehead atoms. The standard InChI is InChI=1S/C15H25N3O2S/c1-16-15(17-8-11-21-3)18-13-6-4-7-14(12-13)20-10-5-9-19-2/h4,6-7,12H,5,8-11H2,1-3H3,(H2,16,17,18). The van der Waals surface area contributed by atoms with Crippen LogP contribution in [0.3, 0.4) is 0 Å². The van der Waals surface area contributed by atoms with Gasteiger partial charge in [-0.1, -0.05) is 6.07 Å². The lowest BCUT2D eigenvalue weighted by molar-refractivity contribution is 0.172. The second-order valence-corrected chi connectivity index (χ2v) is 5.33. The number of nitrogens with one attached hydrogen (secondary N) is 2. The third-order valence-corrected chi connectivity index (χ3v) is 3.29. The topological polar surface area (TPSA) is 54.9 Å². The highest BCUT2D eigenvalue weighted by Crippen LogP contribution is 2.17. The van der Waals surface area contributed by atoms with E-state index in [2.05, 4.69) is 21.9 Å². The Bertz CT molecular complexity index is 427. The van der Waals surface area contributed by atoms with Crippen molar-refractivity contribution in [2.45, 2.75) is 6.42 Å². The number of thioether (sulfide) groups is 1. The van der Waals surface area contributed by atoms with Gasteiger partial charge in [0.15, 0.2) is 5.96 Å². The van der Waals surface area contributed by atoms with Gasteiger partial charge in [0.2, 0.25) is 0 Å². The van der Waals surface area contributed by atoms with Crippen molar-refractivity contribution in [1.29, 1.82) is 0 Å². The number of guanidine groups is 1. The number of methoxy groups -OCH3 is 1. The van der Waals surface area contributed by atoms with Gasteiger partial charge in [-0.2, -0.15) is 11.8 Å². The molecular weight excluding hydrogens is 286 g/mol. The van der Waals surface area contributed by atoms with E-state index in [-0.39, 0.29) is 0 Å². The maximum atomic E-state index is 5.68. The second-order valence-electron chi connectivity index (χ2n) is 4.34. The quantitative estimate of drug-likeness (QED) is 0.417. The van der Waals surface area contributed by atoms with E-state index in [0.29, 0.717) is 13.2 Å². The predicted molar refractivity (Wildman–Crippen MR) is 91.8 cm³/mol. The molecule has 0 heterocycles. The Morgan fingerprint density at radius 3 is 2.90 bits per heavy atom. The molecule has 0 unspecified atom stereocenters. The number of aliphatic imine (C=N–C) groups is 1. The van der Waals surface area contributed by atoms with E-state index in [9.17, 15) is 0 Å². The fraction of sp³-hybridized carbons (Fsp3) is 0.533. The first-order valence-electron chi connectivity index (χ1n) is 6.98. The van der Waals surface area contributed by atoms with Crippen molar-refractivity contribution in [3.63, 3.8) is 0 Å². The first kappa shape index (κ1) is 17.7. The summed E-state index contributed by atoms with van der Waals surface area (Å²) in [5.74, 6) is 2.65. The molecule has 0 aliphatic carbocycles. The minimum atomic E-state index is 0.651. The first-order valence-corrected chi connectivity index (χ1v) is 8.38. The summed E-state index contributed by atoms with van der Waals surface area (Å²) in [5.41, 5.74) is 0.955. The van der Waals surface area contributed by atoms with Crippen LogP contribution in [0.5, 0.6) is 5.75 Å². The van der Waals surface area contributed by atoms with E-state index in [1.165, 1.54) is 0 Å². The zero-order chi connectivity index (χ0) is 15.3. The normalized spacial score (nSPS) is 11.3. The molecule has 5 nitrogen and oxygen atoms in total. The van der Waals surface area contributed by atoms with Crippen LogP contribution in [0.2, 0.25) is 0 Å². The lowest BCUT2D eigenvalue weighted by Gasteiger charge is -2.12. The monoisotopic (exact) mass is 311 g/mol. The van der Waals surface area contributed by atoms with Crippen molar-refractivity contribution >= 4 is 23.4 Å². The fourth-order valence-electron chi connectivity index (χ4n) is 1.64. The number of hydrogen-bond acceptors (Lipinski definition) is 4. The largest absolute Gasteiger partial charge is 0.493 e. The number of anilines is 1. The van der Waals surface area contributed by atoms with Crippen LogP contribution in [-0.4, -0.2) is 51.9 Å². The van der Waals surface area contributed by atoms with Gasteiger partial charge in [0.25, 0.3) is 0 Å². The third-order valence-electron chi connectivity index (χ3n) is 2.68. The number of rotatable bonds is 9. The number of hydrogen-bond donors (Lipinski definition) is 2. The van der Waals surface area contributed by atoms with E-state index in [1.54, 1.807) is 25.9 Å². The molecule has 1 aromatic carbocycles. The second kappa shape index (κ2) is 11.3. The molecule has 0 saturated carbocycles. The minimum Gasteiger partial charge on any atom is -0.493 e. The number of benzene rings is 1. The van der Waals surface area contributed by atoms with E-state index in [0.717, 1.165) is 36.1 Å². The molecule has 2 N–H and O–H groups in total. The molecule has 0 amide bonds. The van der Waals surface area contributed by atoms with Crippen LogP contribution in [0.1, 0.15) is 6.42 Å². The van der Waals surface area contributed by atoms with Crippen molar-refractivity contribution in [3.8, 4) is 5.75 Å². The Labute approximate surface area is 131 Å². The lowest BCUT2D eigenvalue weighted by Crippen LogP contribution is -2.32. The van der Waals surface area contributed by atoms with Crippen molar-refractivity contribution in [3.05, 3.63) is 24.3 Å². The number of nitrogens with zero attached hydrogens (tertiary/aromatic N) is 1. The van der Waals surface area contributed by atoms with Gasteiger partial charge >= 0.3 is 0 Å². The average Bonchev–Trinajstić information content (AvgIpc) is 2.51.